The molecule has 180 valence electrons. The van der Waals surface area contributed by atoms with Crippen LogP contribution in [0.3, 0.4) is 0 Å². The van der Waals surface area contributed by atoms with Gasteiger partial charge < -0.3 is 10.2 Å². The summed E-state index contributed by atoms with van der Waals surface area (Å²) in [4.78, 5) is 31.1. The summed E-state index contributed by atoms with van der Waals surface area (Å²) < 4.78 is 13.9. The number of fused-ring (bicyclic) bond motifs is 2. The van der Waals surface area contributed by atoms with Crippen LogP contribution in [-0.2, 0) is 29.1 Å². The summed E-state index contributed by atoms with van der Waals surface area (Å²) in [5.74, 6) is -0.358. The lowest BCUT2D eigenvalue weighted by Gasteiger charge is -2.34. The van der Waals surface area contributed by atoms with Crippen LogP contribution in [0.25, 0.3) is 0 Å². The van der Waals surface area contributed by atoms with E-state index in [9.17, 15) is 14.0 Å². The van der Waals surface area contributed by atoms with Crippen molar-refractivity contribution in [2.45, 2.75) is 57.7 Å². The fraction of sp³-hybridized carbons (Fsp3) is 0.500. The minimum atomic E-state index is -0.238. The minimum absolute atomic E-state index is 0.00704. The standard InChI is InChI=1S/C28H34FN3O2/c29-24-10-6-7-20(15-24)18-31-13-5-1-4-12-30-27(33)25-16-23(17-26(25)31)28(34)32-14-11-21-8-2-3-9-22(21)19-32/h2-3,6-10,15,23,25-26H,1,4-5,11-14,16-19H2,(H,30,33)/t23-,25-,26+/m0/s1. The summed E-state index contributed by atoms with van der Waals surface area (Å²) in [6.45, 7) is 3.56. The molecule has 2 fully saturated rings. The van der Waals surface area contributed by atoms with Crippen LogP contribution < -0.4 is 5.32 Å². The first-order chi connectivity index (χ1) is 16.6. The summed E-state index contributed by atoms with van der Waals surface area (Å²) in [6, 6.07) is 15.1. The summed E-state index contributed by atoms with van der Waals surface area (Å²) in [6.07, 6.45) is 5.21. The summed E-state index contributed by atoms with van der Waals surface area (Å²) in [5.41, 5.74) is 3.47. The molecule has 6 heteroatoms. The zero-order chi connectivity index (χ0) is 23.5. The molecule has 0 aromatic heterocycles. The van der Waals surface area contributed by atoms with E-state index in [2.05, 4.69) is 28.4 Å². The Bertz CT molecular complexity index is 1040. The second-order valence-electron chi connectivity index (χ2n) is 10.1. The molecule has 2 aromatic rings. The first kappa shape index (κ1) is 23.0. The van der Waals surface area contributed by atoms with Crippen molar-refractivity contribution in [2.24, 2.45) is 11.8 Å². The third kappa shape index (κ3) is 5.02. The first-order valence-corrected chi connectivity index (χ1v) is 12.7. The Hall–Kier alpha value is -2.73. The molecule has 3 aliphatic rings. The molecule has 2 heterocycles. The Labute approximate surface area is 201 Å². The molecule has 0 bridgehead atoms. The number of nitrogens with zero attached hydrogens (tertiary/aromatic N) is 2. The van der Waals surface area contributed by atoms with Crippen LogP contribution in [0.4, 0.5) is 4.39 Å². The lowest BCUT2D eigenvalue weighted by atomic mass is 9.97. The van der Waals surface area contributed by atoms with Gasteiger partial charge in [0, 0.05) is 38.1 Å². The van der Waals surface area contributed by atoms with Crippen LogP contribution in [0.5, 0.6) is 0 Å². The molecule has 1 aliphatic carbocycles. The third-order valence-electron chi connectivity index (χ3n) is 7.82. The van der Waals surface area contributed by atoms with E-state index < -0.39 is 0 Å². The number of amides is 2. The maximum absolute atomic E-state index is 13.9. The maximum atomic E-state index is 13.9. The molecule has 34 heavy (non-hydrogen) atoms. The Morgan fingerprint density at radius 1 is 1.00 bits per heavy atom. The Morgan fingerprint density at radius 2 is 1.85 bits per heavy atom. The van der Waals surface area contributed by atoms with E-state index in [1.165, 1.54) is 17.2 Å². The van der Waals surface area contributed by atoms with Gasteiger partial charge in [-0.2, -0.15) is 0 Å². The molecule has 5 nitrogen and oxygen atoms in total. The molecule has 3 atom stereocenters. The Morgan fingerprint density at radius 3 is 2.71 bits per heavy atom. The second kappa shape index (κ2) is 10.3. The highest BCUT2D eigenvalue weighted by atomic mass is 19.1. The monoisotopic (exact) mass is 463 g/mol. The Kier molecular flexibility index (Phi) is 6.95. The van der Waals surface area contributed by atoms with Gasteiger partial charge in [-0.25, -0.2) is 4.39 Å². The number of carbonyl (C=O) groups is 2. The fourth-order valence-corrected chi connectivity index (χ4v) is 6.04. The van der Waals surface area contributed by atoms with Crippen molar-refractivity contribution >= 4 is 11.8 Å². The van der Waals surface area contributed by atoms with Crippen molar-refractivity contribution in [3.8, 4) is 0 Å². The third-order valence-corrected chi connectivity index (χ3v) is 7.82. The highest BCUT2D eigenvalue weighted by Crippen LogP contribution is 2.38. The number of hydrogen-bond donors (Lipinski definition) is 1. The van der Waals surface area contributed by atoms with E-state index in [1.54, 1.807) is 12.1 Å². The van der Waals surface area contributed by atoms with Gasteiger partial charge >= 0.3 is 0 Å². The van der Waals surface area contributed by atoms with Gasteiger partial charge in [-0.05, 0) is 67.5 Å². The molecule has 2 aromatic carbocycles. The van der Waals surface area contributed by atoms with E-state index in [-0.39, 0.29) is 35.5 Å². The quantitative estimate of drug-likeness (QED) is 0.751. The SMILES string of the molecule is O=C1NCCCCCN(Cc2cccc(F)c2)[C@@H]2C[C@@H](C(=O)N3CCc4ccccc4C3)C[C@H]12. The number of carbonyl (C=O) groups excluding carboxylic acids is 2. The molecular weight excluding hydrogens is 429 g/mol. The average Bonchev–Trinajstić information content (AvgIpc) is 3.30. The van der Waals surface area contributed by atoms with Crippen LogP contribution in [0, 0.1) is 17.7 Å². The molecule has 1 N–H and O–H groups in total. The zero-order valence-corrected chi connectivity index (χ0v) is 19.7. The van der Waals surface area contributed by atoms with Crippen LogP contribution in [0.15, 0.2) is 48.5 Å². The number of benzene rings is 2. The van der Waals surface area contributed by atoms with Gasteiger partial charge in [-0.15, -0.1) is 0 Å². The van der Waals surface area contributed by atoms with E-state index in [0.717, 1.165) is 44.3 Å². The van der Waals surface area contributed by atoms with Crippen molar-refractivity contribution in [3.05, 3.63) is 71.0 Å². The van der Waals surface area contributed by atoms with Crippen molar-refractivity contribution < 1.29 is 14.0 Å². The Balaban J connectivity index is 1.35. The molecule has 2 aliphatic heterocycles. The normalized spacial score (nSPS) is 25.9. The molecular formula is C28H34FN3O2. The molecule has 5 rings (SSSR count). The van der Waals surface area contributed by atoms with Gasteiger partial charge in [-0.3, -0.25) is 14.5 Å². The van der Waals surface area contributed by atoms with Gasteiger partial charge in [0.15, 0.2) is 0 Å². The predicted octanol–water partition coefficient (Wildman–Crippen LogP) is 3.91. The minimum Gasteiger partial charge on any atom is -0.356 e. The van der Waals surface area contributed by atoms with E-state index in [0.29, 0.717) is 32.5 Å². The van der Waals surface area contributed by atoms with Gasteiger partial charge in [0.2, 0.25) is 11.8 Å². The van der Waals surface area contributed by atoms with Gasteiger partial charge in [0.25, 0.3) is 0 Å². The highest BCUT2D eigenvalue weighted by molar-refractivity contribution is 5.84. The lowest BCUT2D eigenvalue weighted by molar-refractivity contribution is -0.136. The fourth-order valence-electron chi connectivity index (χ4n) is 6.04. The number of nitrogens with one attached hydrogen (secondary N) is 1. The summed E-state index contributed by atoms with van der Waals surface area (Å²) >= 11 is 0. The largest absolute Gasteiger partial charge is 0.356 e. The molecule has 0 spiro atoms. The van der Waals surface area contributed by atoms with Gasteiger partial charge in [0.1, 0.15) is 5.82 Å². The topological polar surface area (TPSA) is 52.7 Å². The molecule has 0 unspecified atom stereocenters. The zero-order valence-electron chi connectivity index (χ0n) is 19.7. The van der Waals surface area contributed by atoms with E-state index >= 15 is 0 Å². The van der Waals surface area contributed by atoms with Crippen molar-refractivity contribution in [3.63, 3.8) is 0 Å². The predicted molar refractivity (Wildman–Crippen MR) is 129 cm³/mol. The first-order valence-electron chi connectivity index (χ1n) is 12.7. The van der Waals surface area contributed by atoms with Gasteiger partial charge in [0.05, 0.1) is 5.92 Å². The average molecular weight is 464 g/mol. The van der Waals surface area contributed by atoms with Crippen LogP contribution in [0.2, 0.25) is 0 Å². The van der Waals surface area contributed by atoms with Crippen molar-refractivity contribution in [1.29, 1.82) is 0 Å². The van der Waals surface area contributed by atoms with Crippen molar-refractivity contribution in [2.75, 3.05) is 19.6 Å². The molecule has 1 saturated heterocycles. The van der Waals surface area contributed by atoms with Crippen molar-refractivity contribution in [1.82, 2.24) is 15.1 Å². The second-order valence-corrected chi connectivity index (χ2v) is 10.1. The van der Waals surface area contributed by atoms with E-state index in [4.69, 9.17) is 0 Å². The number of hydrogen-bond acceptors (Lipinski definition) is 3. The molecule has 1 saturated carbocycles. The van der Waals surface area contributed by atoms with Crippen LogP contribution >= 0.6 is 0 Å². The highest BCUT2D eigenvalue weighted by Gasteiger charge is 2.45. The number of halogens is 1. The van der Waals surface area contributed by atoms with Gasteiger partial charge in [-0.1, -0.05) is 42.8 Å². The lowest BCUT2D eigenvalue weighted by Crippen LogP contribution is -2.45. The van der Waals surface area contributed by atoms with Crippen LogP contribution in [0.1, 0.15) is 48.8 Å². The summed E-state index contributed by atoms with van der Waals surface area (Å²) in [5, 5.41) is 3.12. The van der Waals surface area contributed by atoms with Crippen LogP contribution in [-0.4, -0.2) is 47.3 Å². The van der Waals surface area contributed by atoms with E-state index in [1.807, 2.05) is 17.0 Å². The molecule has 2 amide bonds. The number of rotatable bonds is 3. The smallest absolute Gasteiger partial charge is 0.226 e. The summed E-state index contributed by atoms with van der Waals surface area (Å²) in [7, 11) is 0. The maximum Gasteiger partial charge on any atom is 0.226 e. The molecule has 0 radical (unpaired) electrons.